The topological polar surface area (TPSA) is 203 Å². The van der Waals surface area contributed by atoms with Gasteiger partial charge in [-0.25, -0.2) is 18.4 Å². The van der Waals surface area contributed by atoms with Gasteiger partial charge < -0.3 is 16.0 Å². The molecule has 3 amide bonds. The van der Waals surface area contributed by atoms with E-state index in [2.05, 4.69) is 73.4 Å². The van der Waals surface area contributed by atoms with E-state index in [-0.39, 0.29) is 56.6 Å². The summed E-state index contributed by atoms with van der Waals surface area (Å²) >= 11 is 6.26. The summed E-state index contributed by atoms with van der Waals surface area (Å²) in [5, 5.41) is 34.9. The highest BCUT2D eigenvalue weighted by molar-refractivity contribution is 6.32. The second kappa shape index (κ2) is 17.5. The molecule has 6 aromatic rings. The molecule has 0 aliphatic heterocycles. The molecule has 1 aliphatic carbocycles. The van der Waals surface area contributed by atoms with Gasteiger partial charge in [0.15, 0.2) is 5.82 Å². The van der Waals surface area contributed by atoms with Crippen molar-refractivity contribution >= 4 is 40.7 Å². The number of carbonyl (C=O) groups excluding carboxylic acids is 3. The Morgan fingerprint density at radius 2 is 1.76 bits per heavy atom. The lowest BCUT2D eigenvalue weighted by atomic mass is 9.86. The van der Waals surface area contributed by atoms with E-state index >= 15 is 0 Å². The molecule has 322 valence electrons. The molecule has 0 fully saturated rings. The molecule has 4 heterocycles. The van der Waals surface area contributed by atoms with Gasteiger partial charge in [-0.2, -0.15) is 33.4 Å². The third-order valence-corrected chi connectivity index (χ3v) is 10.1. The minimum absolute atomic E-state index is 0.0396. The molecule has 1 aliphatic rings. The molecule has 0 bridgehead atoms. The summed E-state index contributed by atoms with van der Waals surface area (Å²) in [5.41, 5.74) is 3.27. The smallest absolute Gasteiger partial charge is 0.355 e. The van der Waals surface area contributed by atoms with Gasteiger partial charge in [-0.15, -0.1) is 10.2 Å². The first-order valence-electron chi connectivity index (χ1n) is 18.6. The third-order valence-electron chi connectivity index (χ3n) is 9.82. The number of hydrogen-bond donors (Lipinski definition) is 3. The van der Waals surface area contributed by atoms with Crippen molar-refractivity contribution < 1.29 is 36.3 Å². The number of nitrogens with one attached hydrogen (secondary N) is 3. The Kier molecular flexibility index (Phi) is 12.5. The molecule has 4 aromatic heterocycles. The number of aromatic nitrogens is 9. The lowest BCUT2D eigenvalue weighted by Gasteiger charge is -2.19. The van der Waals surface area contributed by atoms with Crippen LogP contribution < -0.4 is 16.0 Å². The van der Waals surface area contributed by atoms with Gasteiger partial charge >= 0.3 is 6.18 Å². The number of pyridine rings is 1. The summed E-state index contributed by atoms with van der Waals surface area (Å²) < 4.78 is 67.1. The van der Waals surface area contributed by atoms with E-state index in [1.165, 1.54) is 61.0 Å². The first-order chi connectivity index (χ1) is 29.2. The van der Waals surface area contributed by atoms with E-state index < -0.39 is 41.8 Å². The lowest BCUT2D eigenvalue weighted by molar-refractivity contribution is -0.145. The van der Waals surface area contributed by atoms with Gasteiger partial charge in [-0.05, 0) is 83.0 Å². The Labute approximate surface area is 355 Å². The van der Waals surface area contributed by atoms with Crippen molar-refractivity contribution in [1.82, 2.24) is 50.1 Å². The fourth-order valence-corrected chi connectivity index (χ4v) is 7.45. The van der Waals surface area contributed by atoms with Gasteiger partial charge in [0.2, 0.25) is 0 Å². The molecule has 22 heteroatoms. The maximum Gasteiger partial charge on any atom is 0.455 e. The highest BCUT2D eigenvalue weighted by atomic mass is 35.5. The van der Waals surface area contributed by atoms with Gasteiger partial charge in [-0.1, -0.05) is 44.5 Å². The molecular formula is C40H37ClF5N13O3. The van der Waals surface area contributed by atoms with E-state index in [1.54, 1.807) is 13.0 Å². The number of anilines is 2. The second-order valence-corrected chi connectivity index (χ2v) is 15.3. The van der Waals surface area contributed by atoms with Crippen LogP contribution in [-0.2, 0) is 25.2 Å². The van der Waals surface area contributed by atoms with E-state index in [9.17, 15) is 41.6 Å². The molecule has 2 aromatic carbocycles. The molecule has 3 N–H and O–H groups in total. The van der Waals surface area contributed by atoms with Crippen molar-refractivity contribution in [3.8, 4) is 11.9 Å². The Bertz CT molecular complexity index is 2740. The van der Waals surface area contributed by atoms with E-state index in [0.29, 0.717) is 22.0 Å². The van der Waals surface area contributed by atoms with Crippen LogP contribution in [0.1, 0.15) is 110 Å². The Morgan fingerprint density at radius 3 is 2.40 bits per heavy atom. The predicted molar refractivity (Wildman–Crippen MR) is 214 cm³/mol. The van der Waals surface area contributed by atoms with Crippen molar-refractivity contribution in [2.24, 2.45) is 7.05 Å². The number of hydrogen-bond acceptors (Lipinski definition) is 10. The number of fused-ring (bicyclic) bond motifs is 1. The predicted octanol–water partition coefficient (Wildman–Crippen LogP) is 7.16. The van der Waals surface area contributed by atoms with Crippen LogP contribution in [0.25, 0.3) is 5.82 Å². The Balaban J connectivity index is 0.000000229. The highest BCUT2D eigenvalue weighted by Gasteiger charge is 2.38. The summed E-state index contributed by atoms with van der Waals surface area (Å²) in [6, 6.07) is 14.9. The number of alkyl halides is 5. The van der Waals surface area contributed by atoms with Crippen LogP contribution in [0, 0.1) is 18.3 Å². The normalized spacial score (nSPS) is 14.1. The van der Waals surface area contributed by atoms with Crippen molar-refractivity contribution in [1.29, 1.82) is 5.26 Å². The largest absolute Gasteiger partial charge is 0.455 e. The quantitative estimate of drug-likeness (QED) is 0.125. The fourth-order valence-electron chi connectivity index (χ4n) is 7.25. The molecule has 62 heavy (non-hydrogen) atoms. The van der Waals surface area contributed by atoms with Gasteiger partial charge in [0.1, 0.15) is 17.9 Å². The highest BCUT2D eigenvalue weighted by Crippen LogP contribution is 2.48. The van der Waals surface area contributed by atoms with Gasteiger partial charge in [0.05, 0.1) is 39.2 Å². The average molecular weight is 878 g/mol. The van der Waals surface area contributed by atoms with Crippen molar-refractivity contribution in [3.63, 3.8) is 0 Å². The molecule has 0 saturated carbocycles. The van der Waals surface area contributed by atoms with Crippen LogP contribution >= 0.6 is 11.6 Å². The van der Waals surface area contributed by atoms with Crippen molar-refractivity contribution in [2.45, 2.75) is 64.6 Å². The van der Waals surface area contributed by atoms with Crippen LogP contribution in [0.3, 0.4) is 0 Å². The van der Waals surface area contributed by atoms with Crippen molar-refractivity contribution in [2.75, 3.05) is 17.7 Å². The molecule has 7 rings (SSSR count). The van der Waals surface area contributed by atoms with Crippen LogP contribution in [0.2, 0.25) is 5.02 Å². The fraction of sp³-hybridized carbons (Fsp3) is 0.300. The van der Waals surface area contributed by atoms with E-state index in [4.69, 9.17) is 11.6 Å². The maximum atomic E-state index is 13.5. The number of nitriles is 1. The minimum atomic E-state index is -4.79. The van der Waals surface area contributed by atoms with E-state index in [0.717, 1.165) is 16.7 Å². The van der Waals surface area contributed by atoms with Crippen LogP contribution in [-0.4, -0.2) is 69.5 Å². The number of tetrazole rings is 1. The monoisotopic (exact) mass is 877 g/mol. The number of carbonyl (C=O) groups is 3. The number of halogens is 6. The van der Waals surface area contributed by atoms with Crippen LogP contribution in [0.4, 0.5) is 33.3 Å². The third kappa shape index (κ3) is 9.29. The molecule has 0 spiro atoms. The van der Waals surface area contributed by atoms with Crippen LogP contribution in [0.15, 0.2) is 60.9 Å². The van der Waals surface area contributed by atoms with Gasteiger partial charge in [-0.3, -0.25) is 19.1 Å². The molecule has 16 nitrogen and oxygen atoms in total. The number of benzene rings is 2. The molecular weight excluding hydrogens is 841 g/mol. The lowest BCUT2D eigenvalue weighted by Crippen LogP contribution is -2.24. The second-order valence-electron chi connectivity index (χ2n) is 14.9. The number of rotatable bonds is 9. The zero-order chi connectivity index (χ0) is 45.3. The first-order valence-corrected chi connectivity index (χ1v) is 19.0. The van der Waals surface area contributed by atoms with Crippen LogP contribution in [0.5, 0.6) is 0 Å². The summed E-state index contributed by atoms with van der Waals surface area (Å²) in [4.78, 5) is 43.3. The summed E-state index contributed by atoms with van der Waals surface area (Å²) in [7, 11) is 2.92. The Morgan fingerprint density at radius 1 is 1.02 bits per heavy atom. The number of aryl methyl sites for hydroxylation is 2. The standard InChI is InChI=1S/C22H16ClF3N10O2.C18H21F2N3O/c1-11-6-12(9-27)7-14(19(37)28-2)17(11)30-20(38)16-8-13(10-35-33-21(31-34-35)22(24,25)26)32-36(16)18-15(23)4-3-5-29-18;1-10-8-18(2,3)12-6-5-7-13(14(10)12)21-17(24)11-9-23(4)22-15(11)16(19)20/h3-8H,10H2,1-2H3,(H,28,37)(H,30,38);5-7,9-10,16H,8H2,1-4H3,(H,21,24). The minimum Gasteiger partial charge on any atom is -0.355 e. The number of amides is 3. The average Bonchev–Trinajstić information content (AvgIpc) is 4.01. The number of nitrogens with zero attached hydrogens (tertiary/aromatic N) is 10. The zero-order valence-electron chi connectivity index (χ0n) is 33.8. The first kappa shape index (κ1) is 44.5. The SMILES string of the molecule is CC1CC(C)(C)c2cccc(NC(=O)c3cn(C)nc3C(F)F)c21.CNC(=O)c1cc(C#N)cc(C)c1NC(=O)c1cc(Cn2nnc(C(F)(F)F)n2)nn1-c1ncccc1Cl. The molecule has 0 radical (unpaired) electrons. The summed E-state index contributed by atoms with van der Waals surface area (Å²) in [5.74, 6) is -2.90. The van der Waals surface area contributed by atoms with Gasteiger partial charge in [0, 0.05) is 32.2 Å². The van der Waals surface area contributed by atoms with Crippen molar-refractivity contribution in [3.05, 3.63) is 122 Å². The summed E-state index contributed by atoms with van der Waals surface area (Å²) in [6.07, 6.45) is -3.84. The summed E-state index contributed by atoms with van der Waals surface area (Å²) in [6.45, 7) is 7.72. The van der Waals surface area contributed by atoms with Gasteiger partial charge in [0.25, 0.3) is 30.0 Å². The molecule has 1 unspecified atom stereocenters. The zero-order valence-corrected chi connectivity index (χ0v) is 34.6. The Hall–Kier alpha value is -7.08. The maximum absolute atomic E-state index is 13.5. The molecule has 1 atom stereocenters. The van der Waals surface area contributed by atoms with E-state index in [1.807, 2.05) is 18.2 Å². The molecule has 0 saturated heterocycles.